The van der Waals surface area contributed by atoms with E-state index in [9.17, 15) is 0 Å². The first-order valence-electron chi connectivity index (χ1n) is 3.75. The van der Waals surface area contributed by atoms with E-state index in [0.717, 1.165) is 0 Å². The molecule has 2 rings (SSSR count). The van der Waals surface area contributed by atoms with Crippen molar-refractivity contribution in [2.24, 2.45) is 0 Å². The summed E-state index contributed by atoms with van der Waals surface area (Å²) in [4.78, 5) is 12.1. The van der Waals surface area contributed by atoms with Gasteiger partial charge < -0.3 is 0 Å². The summed E-state index contributed by atoms with van der Waals surface area (Å²) in [5.41, 5.74) is 0.466. The molecule has 0 bridgehead atoms. The maximum Gasteiger partial charge on any atom is 0.166 e. The first kappa shape index (κ1) is 9.90. The van der Waals surface area contributed by atoms with Crippen molar-refractivity contribution in [2.75, 3.05) is 0 Å². The lowest BCUT2D eigenvalue weighted by Crippen LogP contribution is -1.95. The third-order valence-electron chi connectivity index (χ3n) is 1.65. The zero-order valence-electron chi connectivity index (χ0n) is 6.84. The molecule has 2 aromatic heterocycles. The van der Waals surface area contributed by atoms with Crippen LogP contribution in [-0.4, -0.2) is 15.0 Å². The molecule has 0 saturated carbocycles. The van der Waals surface area contributed by atoms with Crippen molar-refractivity contribution >= 4 is 45.8 Å². The predicted octanol–water partition coefficient (Wildman–Crippen LogP) is 3.07. The van der Waals surface area contributed by atoms with E-state index in [-0.39, 0.29) is 5.88 Å². The Balaban J connectivity index is 2.77. The molecule has 0 saturated heterocycles. The minimum atomic E-state index is 0.198. The maximum atomic E-state index is 5.90. The predicted molar refractivity (Wildman–Crippen MR) is 56.9 cm³/mol. The van der Waals surface area contributed by atoms with Crippen LogP contribution in [0.15, 0.2) is 12.1 Å². The molecule has 72 valence electrons. The minimum Gasteiger partial charge on any atom is -0.219 e. The van der Waals surface area contributed by atoms with Crippen LogP contribution in [0.2, 0.25) is 10.3 Å². The van der Waals surface area contributed by atoms with Gasteiger partial charge in [0.2, 0.25) is 0 Å². The van der Waals surface area contributed by atoms with Gasteiger partial charge in [0.1, 0.15) is 16.1 Å². The number of rotatable bonds is 1. The summed E-state index contributed by atoms with van der Waals surface area (Å²) in [5.74, 6) is 0.642. The second-order valence-electron chi connectivity index (χ2n) is 2.57. The Kier molecular flexibility index (Phi) is 2.72. The van der Waals surface area contributed by atoms with E-state index < -0.39 is 0 Å². The largest absolute Gasteiger partial charge is 0.219 e. The lowest BCUT2D eigenvalue weighted by molar-refractivity contribution is 1.05. The number of aromatic nitrogens is 3. The van der Waals surface area contributed by atoms with Crippen LogP contribution in [0.25, 0.3) is 11.0 Å². The van der Waals surface area contributed by atoms with Crippen molar-refractivity contribution in [3.8, 4) is 0 Å². The highest BCUT2D eigenvalue weighted by Gasteiger charge is 2.06. The number of hydrogen-bond donors (Lipinski definition) is 0. The summed E-state index contributed by atoms with van der Waals surface area (Å²) in [6, 6.07) is 3.37. The first-order valence-corrected chi connectivity index (χ1v) is 5.04. The number of pyridine rings is 1. The lowest BCUT2D eigenvalue weighted by atomic mass is 10.3. The zero-order valence-corrected chi connectivity index (χ0v) is 9.11. The molecule has 0 atom stereocenters. The van der Waals surface area contributed by atoms with E-state index >= 15 is 0 Å². The van der Waals surface area contributed by atoms with Crippen LogP contribution in [-0.2, 0) is 5.88 Å². The van der Waals surface area contributed by atoms with E-state index in [1.165, 1.54) is 0 Å². The molecule has 0 amide bonds. The van der Waals surface area contributed by atoms with E-state index in [4.69, 9.17) is 34.8 Å². The monoisotopic (exact) mass is 247 g/mol. The molecule has 0 unspecified atom stereocenters. The van der Waals surface area contributed by atoms with Gasteiger partial charge in [-0.3, -0.25) is 0 Å². The van der Waals surface area contributed by atoms with E-state index in [2.05, 4.69) is 15.0 Å². The van der Waals surface area contributed by atoms with Crippen molar-refractivity contribution in [2.45, 2.75) is 5.88 Å². The van der Waals surface area contributed by atoms with Crippen LogP contribution < -0.4 is 0 Å². The molecule has 3 nitrogen and oxygen atoms in total. The van der Waals surface area contributed by atoms with E-state index in [0.29, 0.717) is 27.2 Å². The Morgan fingerprint density at radius 3 is 2.57 bits per heavy atom. The van der Waals surface area contributed by atoms with Crippen LogP contribution in [0.3, 0.4) is 0 Å². The average Bonchev–Trinajstić information content (AvgIpc) is 2.16. The third kappa shape index (κ3) is 1.75. The van der Waals surface area contributed by atoms with Crippen LogP contribution in [0, 0.1) is 0 Å². The standard InChI is InChI=1S/C8H4Cl3N3/c9-3-6-13-7(11)4-1-2-5(10)12-8(4)14-6/h1-2H,3H2. The summed E-state index contributed by atoms with van der Waals surface area (Å²) >= 11 is 17.2. The molecule has 0 N–H and O–H groups in total. The first-order chi connectivity index (χ1) is 6.70. The summed E-state index contributed by atoms with van der Waals surface area (Å²) in [6.45, 7) is 0. The zero-order chi connectivity index (χ0) is 10.1. The van der Waals surface area contributed by atoms with E-state index in [1.807, 2.05) is 0 Å². The Labute approximate surface area is 95.0 Å². The average molecular weight is 249 g/mol. The lowest BCUT2D eigenvalue weighted by Gasteiger charge is -2.00. The smallest absolute Gasteiger partial charge is 0.166 e. The molecule has 0 aromatic carbocycles. The van der Waals surface area contributed by atoms with Gasteiger partial charge in [0, 0.05) is 0 Å². The van der Waals surface area contributed by atoms with Crippen molar-refractivity contribution in [3.05, 3.63) is 28.3 Å². The molecule has 2 heterocycles. The molecule has 0 aliphatic heterocycles. The summed E-state index contributed by atoms with van der Waals surface area (Å²) in [6.07, 6.45) is 0. The Morgan fingerprint density at radius 2 is 1.86 bits per heavy atom. The fraction of sp³-hybridized carbons (Fsp3) is 0.125. The normalized spacial score (nSPS) is 10.8. The fourth-order valence-corrected chi connectivity index (χ4v) is 1.56. The van der Waals surface area contributed by atoms with Gasteiger partial charge in [0.05, 0.1) is 11.3 Å². The molecule has 2 aromatic rings. The van der Waals surface area contributed by atoms with Gasteiger partial charge in [-0.15, -0.1) is 11.6 Å². The van der Waals surface area contributed by atoms with Gasteiger partial charge in [-0.25, -0.2) is 15.0 Å². The number of halogens is 3. The van der Waals surface area contributed by atoms with Crippen LogP contribution in [0.4, 0.5) is 0 Å². The van der Waals surface area contributed by atoms with Crippen molar-refractivity contribution in [1.82, 2.24) is 15.0 Å². The SMILES string of the molecule is ClCc1nc(Cl)c2ccc(Cl)nc2n1. The van der Waals surface area contributed by atoms with Gasteiger partial charge in [-0.05, 0) is 12.1 Å². The molecule has 14 heavy (non-hydrogen) atoms. The second-order valence-corrected chi connectivity index (χ2v) is 3.58. The Morgan fingerprint density at radius 1 is 1.07 bits per heavy atom. The van der Waals surface area contributed by atoms with Crippen molar-refractivity contribution in [1.29, 1.82) is 0 Å². The van der Waals surface area contributed by atoms with Gasteiger partial charge in [0.25, 0.3) is 0 Å². The highest BCUT2D eigenvalue weighted by atomic mass is 35.5. The van der Waals surface area contributed by atoms with Crippen LogP contribution in [0.5, 0.6) is 0 Å². The van der Waals surface area contributed by atoms with Gasteiger partial charge in [-0.2, -0.15) is 0 Å². The van der Waals surface area contributed by atoms with Gasteiger partial charge >= 0.3 is 0 Å². The highest BCUT2D eigenvalue weighted by Crippen LogP contribution is 2.20. The molecule has 0 spiro atoms. The molecule has 0 aliphatic carbocycles. The molecular formula is C8H4Cl3N3. The summed E-state index contributed by atoms with van der Waals surface area (Å²) < 4.78 is 0. The quantitative estimate of drug-likeness (QED) is 0.442. The molecular weight excluding hydrogens is 244 g/mol. The third-order valence-corrected chi connectivity index (χ3v) is 2.38. The van der Waals surface area contributed by atoms with Gasteiger partial charge in [0.15, 0.2) is 5.65 Å². The maximum absolute atomic E-state index is 5.90. The van der Waals surface area contributed by atoms with Crippen LogP contribution >= 0.6 is 34.8 Å². The van der Waals surface area contributed by atoms with Gasteiger partial charge in [-0.1, -0.05) is 23.2 Å². The molecule has 0 radical (unpaired) electrons. The summed E-state index contributed by atoms with van der Waals surface area (Å²) in [5, 5.41) is 1.38. The highest BCUT2D eigenvalue weighted by molar-refractivity contribution is 6.34. The summed E-state index contributed by atoms with van der Waals surface area (Å²) in [7, 11) is 0. The minimum absolute atomic E-state index is 0.198. The number of fused-ring (bicyclic) bond motifs is 1. The molecule has 0 fully saturated rings. The molecule has 6 heteroatoms. The number of hydrogen-bond acceptors (Lipinski definition) is 3. The number of alkyl halides is 1. The van der Waals surface area contributed by atoms with Crippen molar-refractivity contribution in [3.63, 3.8) is 0 Å². The Bertz CT molecular complexity index is 486. The fourth-order valence-electron chi connectivity index (χ4n) is 1.05. The van der Waals surface area contributed by atoms with E-state index in [1.54, 1.807) is 12.1 Å². The Hall–Kier alpha value is -0.640. The molecule has 0 aliphatic rings. The van der Waals surface area contributed by atoms with Crippen LogP contribution in [0.1, 0.15) is 5.82 Å². The topological polar surface area (TPSA) is 38.7 Å². The number of nitrogens with zero attached hydrogens (tertiary/aromatic N) is 3. The second kappa shape index (κ2) is 3.85. The van der Waals surface area contributed by atoms with Crippen molar-refractivity contribution < 1.29 is 0 Å².